The number of likely N-dealkylation sites (N-methyl/N-ethyl adjacent to an activating group) is 1. The molecule has 7 heteroatoms. The van der Waals surface area contributed by atoms with Crippen molar-refractivity contribution in [3.63, 3.8) is 0 Å². The summed E-state index contributed by atoms with van der Waals surface area (Å²) in [6.45, 7) is 2.06. The lowest BCUT2D eigenvalue weighted by atomic mass is 9.90. The number of unbranched alkanes of at least 4 members (excludes halogenated alkanes) is 1. The van der Waals surface area contributed by atoms with E-state index in [0.29, 0.717) is 34.6 Å². The summed E-state index contributed by atoms with van der Waals surface area (Å²) in [5, 5.41) is 16.7. The Kier molecular flexibility index (Phi) is 7.27. The highest BCUT2D eigenvalue weighted by Gasteiger charge is 2.21. The van der Waals surface area contributed by atoms with Crippen molar-refractivity contribution >= 4 is 22.7 Å². The molecule has 3 N–H and O–H groups in total. The Bertz CT molecular complexity index is 1410. The van der Waals surface area contributed by atoms with Crippen LogP contribution in [0, 0.1) is 0 Å². The Morgan fingerprint density at radius 2 is 1.80 bits per heavy atom. The lowest BCUT2D eigenvalue weighted by Crippen LogP contribution is -2.32. The number of ketones is 1. The van der Waals surface area contributed by atoms with Crippen LogP contribution in [0.4, 0.5) is 0 Å². The molecule has 1 aliphatic heterocycles. The van der Waals surface area contributed by atoms with Gasteiger partial charge >= 0.3 is 0 Å². The van der Waals surface area contributed by atoms with Crippen molar-refractivity contribution in [3.8, 4) is 28.2 Å². The quantitative estimate of drug-likeness (QED) is 0.247. The number of benzene rings is 3. The second kappa shape index (κ2) is 10.5. The van der Waals surface area contributed by atoms with E-state index in [9.17, 15) is 19.5 Å². The van der Waals surface area contributed by atoms with E-state index in [1.165, 1.54) is 18.2 Å². The van der Waals surface area contributed by atoms with E-state index < -0.39 is 0 Å². The molecular weight excluding hydrogens is 444 g/mol. The van der Waals surface area contributed by atoms with Gasteiger partial charge in [-0.3, -0.25) is 14.4 Å². The summed E-state index contributed by atoms with van der Waals surface area (Å²) in [5.74, 6) is 0.321. The van der Waals surface area contributed by atoms with Gasteiger partial charge in [0.2, 0.25) is 0 Å². The van der Waals surface area contributed by atoms with E-state index in [2.05, 4.69) is 10.6 Å². The number of phenolic OH excluding ortho intramolecular Hbond substituents is 1. The van der Waals surface area contributed by atoms with Gasteiger partial charge in [-0.05, 0) is 69.1 Å². The molecule has 1 unspecified atom stereocenters. The van der Waals surface area contributed by atoms with Gasteiger partial charge in [0.25, 0.3) is 5.91 Å². The number of phenols is 1. The van der Waals surface area contributed by atoms with Crippen LogP contribution in [0.25, 0.3) is 33.4 Å². The molecular formula is C28H28N2O5. The normalized spacial score (nSPS) is 12.1. The monoisotopic (exact) mass is 472 g/mol. The summed E-state index contributed by atoms with van der Waals surface area (Å²) < 4.78 is 5.92. The van der Waals surface area contributed by atoms with E-state index in [1.807, 2.05) is 18.2 Å². The van der Waals surface area contributed by atoms with E-state index >= 15 is 0 Å². The molecule has 7 nitrogen and oxygen atoms in total. The fourth-order valence-electron chi connectivity index (χ4n) is 4.37. The van der Waals surface area contributed by atoms with E-state index in [0.717, 1.165) is 30.2 Å². The highest BCUT2D eigenvalue weighted by molar-refractivity contribution is 6.09. The van der Waals surface area contributed by atoms with Gasteiger partial charge in [-0.2, -0.15) is 0 Å². The Labute approximate surface area is 203 Å². The Hall–Kier alpha value is -3.97. The molecule has 0 spiro atoms. The molecule has 0 saturated heterocycles. The highest BCUT2D eigenvalue weighted by Crippen LogP contribution is 2.41. The maximum absolute atomic E-state index is 13.2. The zero-order valence-electron chi connectivity index (χ0n) is 19.8. The highest BCUT2D eigenvalue weighted by atomic mass is 16.3. The first kappa shape index (κ1) is 24.2. The molecule has 0 aromatic heterocycles. The number of hydrogen-bond acceptors (Lipinski definition) is 6. The number of fused-ring (bicyclic) bond motifs is 2. The Morgan fingerprint density at radius 1 is 1.00 bits per heavy atom. The van der Waals surface area contributed by atoms with Gasteiger partial charge in [0, 0.05) is 40.8 Å². The minimum absolute atomic E-state index is 0.0427. The molecule has 180 valence electrons. The molecule has 2 aromatic carbocycles. The van der Waals surface area contributed by atoms with Crippen LogP contribution in [0.2, 0.25) is 0 Å². The zero-order valence-corrected chi connectivity index (χ0v) is 19.8. The first-order valence-electron chi connectivity index (χ1n) is 11.6. The van der Waals surface area contributed by atoms with Crippen LogP contribution < -0.4 is 16.1 Å². The molecule has 4 rings (SSSR count). The number of Topliss-reactive ketones (excluding diaryl/α,β-unsaturated/α-hetero) is 1. The maximum Gasteiger partial charge on any atom is 0.251 e. The third kappa shape index (κ3) is 5.25. The number of carbonyl (C=O) groups is 2. The summed E-state index contributed by atoms with van der Waals surface area (Å²) in [6.07, 6.45) is 2.28. The van der Waals surface area contributed by atoms with Crippen molar-refractivity contribution in [1.29, 1.82) is 0 Å². The van der Waals surface area contributed by atoms with E-state index in [-0.39, 0.29) is 28.9 Å². The van der Waals surface area contributed by atoms with Crippen molar-refractivity contribution in [1.82, 2.24) is 10.6 Å². The van der Waals surface area contributed by atoms with Crippen LogP contribution in [0.3, 0.4) is 0 Å². The average molecular weight is 473 g/mol. The second-order valence-electron chi connectivity index (χ2n) is 8.56. The number of amides is 1. The molecule has 1 heterocycles. The Morgan fingerprint density at radius 3 is 2.57 bits per heavy atom. The number of rotatable bonds is 9. The van der Waals surface area contributed by atoms with Gasteiger partial charge in [-0.1, -0.05) is 18.2 Å². The molecule has 2 aromatic rings. The first-order chi connectivity index (χ1) is 16.9. The zero-order chi connectivity index (χ0) is 24.9. The topological polar surface area (TPSA) is 109 Å². The molecule has 2 aliphatic rings. The van der Waals surface area contributed by atoms with Gasteiger partial charge in [-0.15, -0.1) is 0 Å². The van der Waals surface area contributed by atoms with Crippen LogP contribution in [-0.2, 0) is 4.79 Å². The SMILES string of the molecule is CNC(CCCCNC(=O)c1ccccc1-c1c2ccc(=O)cc-2oc2cc(O)ccc12)C(C)=O. The van der Waals surface area contributed by atoms with Crippen molar-refractivity contribution in [2.24, 2.45) is 0 Å². The fraction of sp³-hybridized carbons (Fsp3) is 0.250. The summed E-state index contributed by atoms with van der Waals surface area (Å²) in [4.78, 5) is 36.7. The minimum Gasteiger partial charge on any atom is -0.508 e. The predicted octanol–water partition coefficient (Wildman–Crippen LogP) is 4.35. The van der Waals surface area contributed by atoms with Crippen molar-refractivity contribution in [2.75, 3.05) is 13.6 Å². The van der Waals surface area contributed by atoms with Crippen molar-refractivity contribution < 1.29 is 19.1 Å². The summed E-state index contributed by atoms with van der Waals surface area (Å²) in [7, 11) is 1.77. The van der Waals surface area contributed by atoms with Crippen molar-refractivity contribution in [2.45, 2.75) is 32.2 Å². The molecule has 0 fully saturated rings. The molecule has 0 bridgehead atoms. The molecule has 1 amide bonds. The van der Waals surface area contributed by atoms with Crippen LogP contribution >= 0.6 is 0 Å². The summed E-state index contributed by atoms with van der Waals surface area (Å²) in [6, 6.07) is 16.5. The van der Waals surface area contributed by atoms with Crippen LogP contribution in [0.5, 0.6) is 5.75 Å². The molecule has 1 aliphatic carbocycles. The standard InChI is InChI=1S/C28H28N2O5/c1-17(31)24(29-2)9-5-6-14-30-28(34)21-8-4-3-7-20(21)27-22-12-10-18(32)15-25(22)35-26-16-19(33)11-13-23(26)27/h3-4,7-8,10-13,15-16,24,29,32H,5-6,9,14H2,1-2H3,(H,30,34). The lowest BCUT2D eigenvalue weighted by molar-refractivity contribution is -0.119. The lowest BCUT2D eigenvalue weighted by Gasteiger charge is -2.17. The fourth-order valence-corrected chi connectivity index (χ4v) is 4.37. The smallest absolute Gasteiger partial charge is 0.251 e. The molecule has 35 heavy (non-hydrogen) atoms. The van der Waals surface area contributed by atoms with Gasteiger partial charge in [0.1, 0.15) is 22.9 Å². The Balaban J connectivity index is 1.65. The first-order valence-corrected chi connectivity index (χ1v) is 11.6. The van der Waals surface area contributed by atoms with Gasteiger partial charge in [0.05, 0.1) is 6.04 Å². The molecule has 0 saturated carbocycles. The van der Waals surface area contributed by atoms with Gasteiger partial charge in [-0.25, -0.2) is 0 Å². The number of aromatic hydroxyl groups is 1. The third-order valence-corrected chi connectivity index (χ3v) is 6.16. The summed E-state index contributed by atoms with van der Waals surface area (Å²) in [5.41, 5.74) is 2.88. The maximum atomic E-state index is 13.2. The minimum atomic E-state index is -0.210. The van der Waals surface area contributed by atoms with Gasteiger partial charge < -0.3 is 20.2 Å². The molecule has 1 atom stereocenters. The van der Waals surface area contributed by atoms with Crippen LogP contribution in [0.15, 0.2) is 69.9 Å². The van der Waals surface area contributed by atoms with Gasteiger partial charge in [0.15, 0.2) is 5.43 Å². The number of nitrogens with one attached hydrogen (secondary N) is 2. The van der Waals surface area contributed by atoms with E-state index in [1.54, 1.807) is 38.2 Å². The number of hydrogen-bond donors (Lipinski definition) is 3. The van der Waals surface area contributed by atoms with Crippen LogP contribution in [0.1, 0.15) is 36.5 Å². The predicted molar refractivity (Wildman–Crippen MR) is 136 cm³/mol. The number of carbonyl (C=O) groups excluding carboxylic acids is 2. The average Bonchev–Trinajstić information content (AvgIpc) is 2.84. The summed E-state index contributed by atoms with van der Waals surface area (Å²) >= 11 is 0. The van der Waals surface area contributed by atoms with E-state index in [4.69, 9.17) is 4.42 Å². The second-order valence-corrected chi connectivity index (χ2v) is 8.56. The van der Waals surface area contributed by atoms with Crippen LogP contribution in [-0.4, -0.2) is 36.4 Å². The third-order valence-electron chi connectivity index (χ3n) is 6.16. The largest absolute Gasteiger partial charge is 0.508 e. The molecule has 0 radical (unpaired) electrons. The van der Waals surface area contributed by atoms with Crippen molar-refractivity contribution in [3.05, 3.63) is 76.5 Å².